The van der Waals surface area contributed by atoms with Crippen molar-refractivity contribution >= 4 is 27.6 Å². The van der Waals surface area contributed by atoms with Crippen molar-refractivity contribution in [2.45, 2.75) is 19.5 Å². The summed E-state index contributed by atoms with van der Waals surface area (Å²) in [5, 5.41) is 16.4. The van der Waals surface area contributed by atoms with Gasteiger partial charge >= 0.3 is 5.97 Å². The molecule has 1 heterocycles. The maximum atomic E-state index is 11.0. The largest absolute Gasteiger partial charge is 0.478 e. The average Bonchev–Trinajstić information content (AvgIpc) is 2.80. The number of nitrogens with one attached hydrogen (secondary N) is 1. The number of benzene rings is 1. The Labute approximate surface area is 119 Å². The van der Waals surface area contributed by atoms with Crippen molar-refractivity contribution in [1.82, 2.24) is 9.78 Å². The van der Waals surface area contributed by atoms with Gasteiger partial charge in [0.05, 0.1) is 12.1 Å². The number of carbonyl (C=O) groups is 1. The highest BCUT2D eigenvalue weighted by atomic mass is 79.9. The van der Waals surface area contributed by atoms with Gasteiger partial charge in [-0.15, -0.1) is 0 Å². The van der Waals surface area contributed by atoms with E-state index in [1.165, 1.54) is 0 Å². The quantitative estimate of drug-likeness (QED) is 0.887. The Morgan fingerprint density at radius 1 is 1.53 bits per heavy atom. The van der Waals surface area contributed by atoms with Crippen LogP contribution in [0.3, 0.4) is 0 Å². The molecule has 2 aromatic rings. The summed E-state index contributed by atoms with van der Waals surface area (Å²) in [5.41, 5.74) is 1.02. The monoisotopic (exact) mass is 323 g/mol. The van der Waals surface area contributed by atoms with Gasteiger partial charge in [-0.05, 0) is 31.2 Å². The molecule has 5 nitrogen and oxygen atoms in total. The Balaban J connectivity index is 2.08. The van der Waals surface area contributed by atoms with E-state index in [0.717, 1.165) is 10.2 Å². The number of rotatable bonds is 5. The molecule has 0 amide bonds. The van der Waals surface area contributed by atoms with Gasteiger partial charge in [0.2, 0.25) is 0 Å². The van der Waals surface area contributed by atoms with Gasteiger partial charge in [0, 0.05) is 28.6 Å². The molecule has 0 aliphatic heterocycles. The Bertz CT molecular complexity index is 569. The van der Waals surface area contributed by atoms with Gasteiger partial charge in [0.15, 0.2) is 0 Å². The molecule has 1 aromatic carbocycles. The van der Waals surface area contributed by atoms with Gasteiger partial charge in [-0.3, -0.25) is 4.68 Å². The Morgan fingerprint density at radius 2 is 2.32 bits per heavy atom. The fourth-order valence-electron chi connectivity index (χ4n) is 1.82. The zero-order valence-corrected chi connectivity index (χ0v) is 12.0. The van der Waals surface area contributed by atoms with Crippen LogP contribution in [0.1, 0.15) is 17.3 Å². The smallest absolute Gasteiger partial charge is 0.335 e. The van der Waals surface area contributed by atoms with E-state index in [1.54, 1.807) is 18.3 Å². The number of aromatic nitrogens is 2. The number of carboxylic acids is 1. The van der Waals surface area contributed by atoms with Crippen LogP contribution in [0.15, 0.2) is 41.1 Å². The highest BCUT2D eigenvalue weighted by molar-refractivity contribution is 9.10. The molecule has 0 fully saturated rings. The van der Waals surface area contributed by atoms with Crippen LogP contribution in [0.4, 0.5) is 5.69 Å². The first-order valence-electron chi connectivity index (χ1n) is 5.82. The third-order valence-electron chi connectivity index (χ3n) is 2.58. The first-order valence-corrected chi connectivity index (χ1v) is 6.62. The number of anilines is 1. The van der Waals surface area contributed by atoms with Crippen LogP contribution in [0.5, 0.6) is 0 Å². The molecule has 1 unspecified atom stereocenters. The molecule has 0 aliphatic carbocycles. The zero-order chi connectivity index (χ0) is 13.8. The topological polar surface area (TPSA) is 67.2 Å². The van der Waals surface area contributed by atoms with E-state index < -0.39 is 5.97 Å². The van der Waals surface area contributed by atoms with Crippen molar-refractivity contribution < 1.29 is 9.90 Å². The summed E-state index contributed by atoms with van der Waals surface area (Å²) in [6.45, 7) is 2.73. The number of aromatic carboxylic acids is 1. The van der Waals surface area contributed by atoms with Crippen LogP contribution in [-0.2, 0) is 6.54 Å². The SMILES string of the molecule is CC(Cn1cccn1)Nc1cc(Br)cc(C(=O)O)c1. The maximum absolute atomic E-state index is 11.0. The lowest BCUT2D eigenvalue weighted by Gasteiger charge is -2.16. The van der Waals surface area contributed by atoms with Crippen molar-refractivity contribution in [3.63, 3.8) is 0 Å². The summed E-state index contributed by atoms with van der Waals surface area (Å²) in [7, 11) is 0. The number of nitrogens with zero attached hydrogens (tertiary/aromatic N) is 2. The number of carboxylic acid groups (broad SMARTS) is 1. The Hall–Kier alpha value is -1.82. The zero-order valence-electron chi connectivity index (χ0n) is 10.4. The van der Waals surface area contributed by atoms with Gasteiger partial charge in [-0.25, -0.2) is 4.79 Å². The molecule has 0 aliphatic rings. The summed E-state index contributed by atoms with van der Waals surface area (Å²) in [6, 6.07) is 7.05. The van der Waals surface area contributed by atoms with Crippen LogP contribution in [0.2, 0.25) is 0 Å². The predicted molar refractivity (Wildman–Crippen MR) is 76.4 cm³/mol. The van der Waals surface area contributed by atoms with Crippen LogP contribution in [-0.4, -0.2) is 26.9 Å². The highest BCUT2D eigenvalue weighted by Gasteiger charge is 2.08. The summed E-state index contributed by atoms with van der Waals surface area (Å²) in [6.07, 6.45) is 3.62. The standard InChI is InChI=1S/C13H14BrN3O2/c1-9(8-17-4-2-3-15-17)16-12-6-10(13(18)19)5-11(14)7-12/h2-7,9,16H,8H2,1H3,(H,18,19). The second kappa shape index (κ2) is 5.88. The first kappa shape index (κ1) is 13.6. The number of halogens is 1. The minimum atomic E-state index is -0.941. The molecule has 0 spiro atoms. The highest BCUT2D eigenvalue weighted by Crippen LogP contribution is 2.20. The average molecular weight is 324 g/mol. The van der Waals surface area contributed by atoms with Gasteiger partial charge in [-0.2, -0.15) is 5.10 Å². The molecule has 1 atom stereocenters. The van der Waals surface area contributed by atoms with Crippen molar-refractivity contribution in [3.8, 4) is 0 Å². The van der Waals surface area contributed by atoms with E-state index in [4.69, 9.17) is 5.11 Å². The van der Waals surface area contributed by atoms with Crippen LogP contribution in [0, 0.1) is 0 Å². The molecule has 19 heavy (non-hydrogen) atoms. The summed E-state index contributed by atoms with van der Waals surface area (Å²) < 4.78 is 2.56. The van der Waals surface area contributed by atoms with E-state index >= 15 is 0 Å². The number of hydrogen-bond donors (Lipinski definition) is 2. The van der Waals surface area contributed by atoms with E-state index in [1.807, 2.05) is 29.9 Å². The van der Waals surface area contributed by atoms with Crippen molar-refractivity contribution in [2.75, 3.05) is 5.32 Å². The molecule has 100 valence electrons. The molecule has 6 heteroatoms. The molecule has 0 saturated carbocycles. The lowest BCUT2D eigenvalue weighted by Crippen LogP contribution is -2.22. The van der Waals surface area contributed by atoms with Gasteiger partial charge in [0.25, 0.3) is 0 Å². The van der Waals surface area contributed by atoms with E-state index in [-0.39, 0.29) is 11.6 Å². The normalized spacial score (nSPS) is 12.1. The lowest BCUT2D eigenvalue weighted by molar-refractivity contribution is 0.0697. The molecule has 2 N–H and O–H groups in total. The lowest BCUT2D eigenvalue weighted by atomic mass is 10.2. The third kappa shape index (κ3) is 3.82. The van der Waals surface area contributed by atoms with E-state index in [9.17, 15) is 4.79 Å². The van der Waals surface area contributed by atoms with Crippen LogP contribution in [0.25, 0.3) is 0 Å². The molecule has 2 rings (SSSR count). The second-order valence-electron chi connectivity index (χ2n) is 4.31. The van der Waals surface area contributed by atoms with Crippen molar-refractivity contribution in [3.05, 3.63) is 46.7 Å². The molecule has 0 saturated heterocycles. The summed E-state index contributed by atoms with van der Waals surface area (Å²) in [4.78, 5) is 11.0. The fourth-order valence-corrected chi connectivity index (χ4v) is 2.31. The fraction of sp³-hybridized carbons (Fsp3) is 0.231. The van der Waals surface area contributed by atoms with Crippen LogP contribution < -0.4 is 5.32 Å². The summed E-state index contributed by atoms with van der Waals surface area (Å²) in [5.74, 6) is -0.941. The molecule has 1 aromatic heterocycles. The van der Waals surface area contributed by atoms with Crippen molar-refractivity contribution in [2.24, 2.45) is 0 Å². The molecular weight excluding hydrogens is 310 g/mol. The summed E-state index contributed by atoms with van der Waals surface area (Å²) >= 11 is 3.31. The minimum Gasteiger partial charge on any atom is -0.478 e. The van der Waals surface area contributed by atoms with Gasteiger partial charge < -0.3 is 10.4 Å². The Morgan fingerprint density at radius 3 is 2.95 bits per heavy atom. The third-order valence-corrected chi connectivity index (χ3v) is 3.04. The first-order chi connectivity index (χ1) is 9.04. The van der Waals surface area contributed by atoms with E-state index in [2.05, 4.69) is 26.3 Å². The molecular formula is C13H14BrN3O2. The second-order valence-corrected chi connectivity index (χ2v) is 5.22. The van der Waals surface area contributed by atoms with Crippen molar-refractivity contribution in [1.29, 1.82) is 0 Å². The Kier molecular flexibility index (Phi) is 4.21. The van der Waals surface area contributed by atoms with Gasteiger partial charge in [-0.1, -0.05) is 15.9 Å². The van der Waals surface area contributed by atoms with Crippen LogP contribution >= 0.6 is 15.9 Å². The maximum Gasteiger partial charge on any atom is 0.335 e. The van der Waals surface area contributed by atoms with E-state index in [0.29, 0.717) is 6.54 Å². The predicted octanol–water partition coefficient (Wildman–Crippen LogP) is 2.84. The number of hydrogen-bond acceptors (Lipinski definition) is 3. The van der Waals surface area contributed by atoms with Gasteiger partial charge in [0.1, 0.15) is 0 Å². The molecule has 0 radical (unpaired) electrons. The molecule has 0 bridgehead atoms. The minimum absolute atomic E-state index is 0.135.